The number of piperidine rings is 1. The van der Waals surface area contributed by atoms with Gasteiger partial charge in [0.15, 0.2) is 5.89 Å². The molecule has 0 bridgehead atoms. The van der Waals surface area contributed by atoms with Crippen LogP contribution in [0.5, 0.6) is 0 Å². The number of aromatic nitrogens is 1. The van der Waals surface area contributed by atoms with Gasteiger partial charge in [0.1, 0.15) is 6.26 Å². The first-order valence-corrected chi connectivity index (χ1v) is 5.12. The topological polar surface area (TPSA) is 55.3 Å². The maximum absolute atomic E-state index is 5.49. The van der Waals surface area contributed by atoms with Crippen LogP contribution in [-0.2, 0) is 6.54 Å². The van der Waals surface area contributed by atoms with Gasteiger partial charge < -0.3 is 15.1 Å². The van der Waals surface area contributed by atoms with Gasteiger partial charge in [-0.3, -0.25) is 0 Å². The minimum Gasteiger partial charge on any atom is -0.448 e. The smallest absolute Gasteiger partial charge is 0.198 e. The summed E-state index contributed by atoms with van der Waals surface area (Å²) in [5.41, 5.74) is 6.34. The number of hydrogen-bond acceptors (Lipinski definition) is 4. The highest BCUT2D eigenvalue weighted by Gasteiger charge is 2.22. The van der Waals surface area contributed by atoms with E-state index >= 15 is 0 Å². The van der Waals surface area contributed by atoms with Crippen LogP contribution >= 0.6 is 0 Å². The fourth-order valence-electron chi connectivity index (χ4n) is 1.97. The highest BCUT2D eigenvalue weighted by molar-refractivity contribution is 5.02. The van der Waals surface area contributed by atoms with Gasteiger partial charge in [0.05, 0.1) is 5.69 Å². The van der Waals surface area contributed by atoms with E-state index < -0.39 is 0 Å². The van der Waals surface area contributed by atoms with E-state index in [0.717, 1.165) is 18.1 Å². The monoisotopic (exact) mass is 195 g/mol. The molecule has 0 aromatic carbocycles. The summed E-state index contributed by atoms with van der Waals surface area (Å²) >= 11 is 0. The Morgan fingerprint density at radius 2 is 2.57 bits per heavy atom. The summed E-state index contributed by atoms with van der Waals surface area (Å²) in [6.45, 7) is 2.69. The van der Waals surface area contributed by atoms with Crippen molar-refractivity contribution in [2.75, 3.05) is 20.1 Å². The molecule has 0 amide bonds. The summed E-state index contributed by atoms with van der Waals surface area (Å²) in [5, 5.41) is 0. The summed E-state index contributed by atoms with van der Waals surface area (Å²) in [5.74, 6) is 1.31. The first kappa shape index (κ1) is 9.68. The second-order valence-electron chi connectivity index (χ2n) is 3.98. The number of hydrogen-bond donors (Lipinski definition) is 1. The molecule has 0 aliphatic carbocycles. The van der Waals surface area contributed by atoms with E-state index in [1.165, 1.54) is 19.4 Å². The lowest BCUT2D eigenvalue weighted by molar-refractivity contribution is 0.230. The number of nitrogens with zero attached hydrogens (tertiary/aromatic N) is 2. The largest absolute Gasteiger partial charge is 0.448 e. The Morgan fingerprint density at radius 1 is 1.71 bits per heavy atom. The Hall–Kier alpha value is -0.870. The Morgan fingerprint density at radius 3 is 3.21 bits per heavy atom. The summed E-state index contributed by atoms with van der Waals surface area (Å²) in [4.78, 5) is 6.69. The van der Waals surface area contributed by atoms with Crippen molar-refractivity contribution >= 4 is 0 Å². The fraction of sp³-hybridized carbons (Fsp3) is 0.700. The van der Waals surface area contributed by atoms with Crippen molar-refractivity contribution in [1.29, 1.82) is 0 Å². The molecule has 0 radical (unpaired) electrons. The van der Waals surface area contributed by atoms with Gasteiger partial charge in [-0.2, -0.15) is 0 Å². The lowest BCUT2D eigenvalue weighted by Gasteiger charge is -2.27. The van der Waals surface area contributed by atoms with E-state index in [1.807, 2.05) is 0 Å². The summed E-state index contributed by atoms with van der Waals surface area (Å²) in [7, 11) is 2.14. The van der Waals surface area contributed by atoms with Gasteiger partial charge in [-0.15, -0.1) is 0 Å². The molecule has 2 N–H and O–H groups in total. The van der Waals surface area contributed by atoms with E-state index in [2.05, 4.69) is 16.9 Å². The van der Waals surface area contributed by atoms with E-state index in [4.69, 9.17) is 10.2 Å². The molecule has 1 aromatic rings. The second kappa shape index (κ2) is 4.11. The van der Waals surface area contributed by atoms with E-state index in [-0.39, 0.29) is 0 Å². The molecule has 14 heavy (non-hydrogen) atoms. The Balaban J connectivity index is 2.06. The van der Waals surface area contributed by atoms with Crippen molar-refractivity contribution in [2.24, 2.45) is 5.73 Å². The van der Waals surface area contributed by atoms with Crippen LogP contribution in [-0.4, -0.2) is 30.0 Å². The van der Waals surface area contributed by atoms with Gasteiger partial charge in [0, 0.05) is 19.0 Å². The lowest BCUT2D eigenvalue weighted by Crippen LogP contribution is -2.30. The molecule has 2 heterocycles. The first-order chi connectivity index (χ1) is 6.79. The third-order valence-electron chi connectivity index (χ3n) is 2.75. The molecule has 0 spiro atoms. The molecule has 1 aromatic heterocycles. The Labute approximate surface area is 84.1 Å². The van der Waals surface area contributed by atoms with Crippen molar-refractivity contribution in [2.45, 2.75) is 25.3 Å². The predicted octanol–water partition coefficient (Wildman–Crippen LogP) is 0.943. The minimum atomic E-state index is 0.453. The summed E-state index contributed by atoms with van der Waals surface area (Å²) < 4.78 is 5.43. The number of likely N-dealkylation sites (tertiary alicyclic amines) is 1. The molecule has 1 fully saturated rings. The summed E-state index contributed by atoms with van der Waals surface area (Å²) in [6.07, 6.45) is 4.07. The highest BCUT2D eigenvalue weighted by atomic mass is 16.3. The van der Waals surface area contributed by atoms with Gasteiger partial charge in [-0.05, 0) is 26.4 Å². The van der Waals surface area contributed by atoms with Crippen molar-refractivity contribution in [3.63, 3.8) is 0 Å². The molecule has 1 saturated heterocycles. The quantitative estimate of drug-likeness (QED) is 0.763. The molecule has 4 nitrogen and oxygen atoms in total. The van der Waals surface area contributed by atoms with Crippen LogP contribution in [0.4, 0.5) is 0 Å². The number of oxazole rings is 1. The van der Waals surface area contributed by atoms with Crippen LogP contribution < -0.4 is 5.73 Å². The summed E-state index contributed by atoms with van der Waals surface area (Å²) in [6, 6.07) is 0. The maximum Gasteiger partial charge on any atom is 0.198 e. The molecule has 1 aliphatic heterocycles. The second-order valence-corrected chi connectivity index (χ2v) is 3.98. The van der Waals surface area contributed by atoms with Gasteiger partial charge in [0.25, 0.3) is 0 Å². The number of likely N-dealkylation sites (N-methyl/N-ethyl adjacent to an activating group) is 1. The molecule has 0 saturated carbocycles. The van der Waals surface area contributed by atoms with Crippen LogP contribution in [0.2, 0.25) is 0 Å². The fourth-order valence-corrected chi connectivity index (χ4v) is 1.97. The zero-order valence-electron chi connectivity index (χ0n) is 8.57. The molecule has 1 atom stereocenters. The predicted molar refractivity (Wildman–Crippen MR) is 53.9 cm³/mol. The van der Waals surface area contributed by atoms with Crippen LogP contribution in [0.25, 0.3) is 0 Å². The van der Waals surface area contributed by atoms with Crippen molar-refractivity contribution in [3.05, 3.63) is 17.8 Å². The van der Waals surface area contributed by atoms with E-state index in [1.54, 1.807) is 6.26 Å². The molecule has 1 aliphatic rings. The maximum atomic E-state index is 5.49. The van der Waals surface area contributed by atoms with Crippen LogP contribution in [0.3, 0.4) is 0 Å². The Bertz CT molecular complexity index is 297. The molecular weight excluding hydrogens is 178 g/mol. The average Bonchev–Trinajstić information content (AvgIpc) is 2.66. The standard InChI is InChI=1S/C10H17N3O/c1-13-4-2-3-8(6-13)10-12-9(5-11)7-14-10/h7-8H,2-6,11H2,1H3. The van der Waals surface area contributed by atoms with Gasteiger partial charge in [0.2, 0.25) is 0 Å². The van der Waals surface area contributed by atoms with Crippen LogP contribution in [0.15, 0.2) is 10.7 Å². The number of rotatable bonds is 2. The van der Waals surface area contributed by atoms with Gasteiger partial charge in [-0.1, -0.05) is 0 Å². The third kappa shape index (κ3) is 1.96. The van der Waals surface area contributed by atoms with Crippen LogP contribution in [0.1, 0.15) is 30.3 Å². The normalized spacial score (nSPS) is 24.0. The van der Waals surface area contributed by atoms with E-state index in [9.17, 15) is 0 Å². The van der Waals surface area contributed by atoms with Gasteiger partial charge in [-0.25, -0.2) is 4.98 Å². The number of nitrogens with two attached hydrogens (primary N) is 1. The first-order valence-electron chi connectivity index (χ1n) is 5.12. The Kier molecular flexibility index (Phi) is 2.84. The van der Waals surface area contributed by atoms with Crippen molar-refractivity contribution in [3.8, 4) is 0 Å². The molecule has 1 unspecified atom stereocenters. The van der Waals surface area contributed by atoms with E-state index in [0.29, 0.717) is 12.5 Å². The van der Waals surface area contributed by atoms with Crippen molar-refractivity contribution < 1.29 is 4.42 Å². The molecular formula is C10H17N3O. The zero-order chi connectivity index (χ0) is 9.97. The highest BCUT2D eigenvalue weighted by Crippen LogP contribution is 2.25. The van der Waals surface area contributed by atoms with Crippen LogP contribution in [0, 0.1) is 0 Å². The zero-order valence-corrected chi connectivity index (χ0v) is 8.57. The van der Waals surface area contributed by atoms with Gasteiger partial charge >= 0.3 is 0 Å². The molecule has 78 valence electrons. The lowest BCUT2D eigenvalue weighted by atomic mass is 9.98. The average molecular weight is 195 g/mol. The third-order valence-corrected chi connectivity index (χ3v) is 2.75. The molecule has 2 rings (SSSR count). The molecule has 4 heteroatoms. The minimum absolute atomic E-state index is 0.453. The van der Waals surface area contributed by atoms with Crippen molar-refractivity contribution in [1.82, 2.24) is 9.88 Å². The SMILES string of the molecule is CN1CCCC(c2nc(CN)co2)C1.